The van der Waals surface area contributed by atoms with Gasteiger partial charge in [-0.25, -0.2) is 0 Å². The fourth-order valence-electron chi connectivity index (χ4n) is 2.47. The molecule has 2 aliphatic carbocycles. The summed E-state index contributed by atoms with van der Waals surface area (Å²) in [6, 6.07) is 0.793. The molecule has 0 heterocycles. The highest BCUT2D eigenvalue weighted by Gasteiger charge is 2.40. The van der Waals surface area contributed by atoms with Crippen molar-refractivity contribution in [1.82, 2.24) is 5.32 Å². The van der Waals surface area contributed by atoms with E-state index in [9.17, 15) is 0 Å². The normalized spacial score (nSPS) is 27.2. The van der Waals surface area contributed by atoms with Crippen molar-refractivity contribution in [3.8, 4) is 0 Å². The molecule has 2 rings (SSSR count). The standard InChI is InChI=1S/C12H24N2/c13-9-12(7-8-12)10-14-11-5-3-1-2-4-6-11/h11,14H,1-10,13H2. The lowest BCUT2D eigenvalue weighted by Gasteiger charge is -2.20. The molecule has 82 valence electrons. The van der Waals surface area contributed by atoms with E-state index in [1.54, 1.807) is 0 Å². The Morgan fingerprint density at radius 1 is 1.07 bits per heavy atom. The van der Waals surface area contributed by atoms with Gasteiger partial charge in [0.15, 0.2) is 0 Å². The lowest BCUT2D eigenvalue weighted by atomic mass is 10.1. The second-order valence-corrected chi connectivity index (χ2v) is 5.27. The Kier molecular flexibility index (Phi) is 3.45. The largest absolute Gasteiger partial charge is 0.330 e. The van der Waals surface area contributed by atoms with Crippen LogP contribution in [-0.4, -0.2) is 19.1 Å². The van der Waals surface area contributed by atoms with Crippen molar-refractivity contribution < 1.29 is 0 Å². The minimum absolute atomic E-state index is 0.506. The van der Waals surface area contributed by atoms with Crippen LogP contribution in [0.5, 0.6) is 0 Å². The van der Waals surface area contributed by atoms with E-state index in [0.29, 0.717) is 5.41 Å². The predicted molar refractivity (Wildman–Crippen MR) is 60.2 cm³/mol. The molecule has 2 nitrogen and oxygen atoms in total. The van der Waals surface area contributed by atoms with Gasteiger partial charge in [-0.05, 0) is 37.6 Å². The second kappa shape index (κ2) is 4.63. The van der Waals surface area contributed by atoms with Gasteiger partial charge in [0, 0.05) is 12.6 Å². The van der Waals surface area contributed by atoms with Crippen LogP contribution in [0.25, 0.3) is 0 Å². The van der Waals surface area contributed by atoms with Gasteiger partial charge in [-0.3, -0.25) is 0 Å². The molecule has 0 aromatic carbocycles. The summed E-state index contributed by atoms with van der Waals surface area (Å²) < 4.78 is 0. The lowest BCUT2D eigenvalue weighted by Crippen LogP contribution is -2.36. The van der Waals surface area contributed by atoms with Gasteiger partial charge in [0.05, 0.1) is 0 Å². The highest BCUT2D eigenvalue weighted by Crippen LogP contribution is 2.43. The molecule has 14 heavy (non-hydrogen) atoms. The van der Waals surface area contributed by atoms with Crippen LogP contribution in [0.4, 0.5) is 0 Å². The van der Waals surface area contributed by atoms with E-state index in [1.807, 2.05) is 0 Å². The van der Waals surface area contributed by atoms with Gasteiger partial charge < -0.3 is 11.1 Å². The van der Waals surface area contributed by atoms with Gasteiger partial charge in [0.25, 0.3) is 0 Å². The molecule has 2 fully saturated rings. The number of nitrogens with two attached hydrogens (primary N) is 1. The fourth-order valence-corrected chi connectivity index (χ4v) is 2.47. The van der Waals surface area contributed by atoms with Crippen molar-refractivity contribution in [3.05, 3.63) is 0 Å². The van der Waals surface area contributed by atoms with Crippen LogP contribution < -0.4 is 11.1 Å². The van der Waals surface area contributed by atoms with Crippen LogP contribution in [0.1, 0.15) is 51.4 Å². The van der Waals surface area contributed by atoms with Crippen molar-refractivity contribution in [2.75, 3.05) is 13.1 Å². The van der Waals surface area contributed by atoms with E-state index in [2.05, 4.69) is 5.32 Å². The first kappa shape index (κ1) is 10.4. The Morgan fingerprint density at radius 3 is 2.21 bits per heavy atom. The first-order valence-corrected chi connectivity index (χ1v) is 6.28. The van der Waals surface area contributed by atoms with Crippen molar-refractivity contribution in [2.24, 2.45) is 11.1 Å². The van der Waals surface area contributed by atoms with Crippen molar-refractivity contribution >= 4 is 0 Å². The SMILES string of the molecule is NCC1(CNC2CCCCCC2)CC1. The molecule has 0 unspecified atom stereocenters. The van der Waals surface area contributed by atoms with Gasteiger partial charge >= 0.3 is 0 Å². The fraction of sp³-hybridized carbons (Fsp3) is 1.00. The Hall–Kier alpha value is -0.0800. The van der Waals surface area contributed by atoms with Crippen LogP contribution in [0.3, 0.4) is 0 Å². The van der Waals surface area contributed by atoms with Gasteiger partial charge in [-0.2, -0.15) is 0 Å². The molecule has 2 aliphatic rings. The number of nitrogens with one attached hydrogen (secondary N) is 1. The molecule has 0 amide bonds. The molecule has 0 aromatic rings. The van der Waals surface area contributed by atoms with Crippen molar-refractivity contribution in [2.45, 2.75) is 57.4 Å². The molecule has 0 atom stereocenters. The average molecular weight is 196 g/mol. The molecule has 2 heteroatoms. The Morgan fingerprint density at radius 2 is 1.71 bits per heavy atom. The molecule has 0 bridgehead atoms. The van der Waals surface area contributed by atoms with E-state index in [4.69, 9.17) is 5.73 Å². The van der Waals surface area contributed by atoms with Crippen LogP contribution in [0.2, 0.25) is 0 Å². The monoisotopic (exact) mass is 196 g/mol. The lowest BCUT2D eigenvalue weighted by molar-refractivity contribution is 0.390. The van der Waals surface area contributed by atoms with E-state index < -0.39 is 0 Å². The minimum atomic E-state index is 0.506. The molecule has 3 N–H and O–H groups in total. The van der Waals surface area contributed by atoms with E-state index in [1.165, 1.54) is 57.9 Å². The average Bonchev–Trinajstić information content (AvgIpc) is 3.01. The molecule has 0 saturated heterocycles. The smallest absolute Gasteiger partial charge is 0.00673 e. The first-order chi connectivity index (χ1) is 6.85. The third kappa shape index (κ3) is 2.71. The summed E-state index contributed by atoms with van der Waals surface area (Å²) in [5.41, 5.74) is 6.28. The van der Waals surface area contributed by atoms with Crippen molar-refractivity contribution in [1.29, 1.82) is 0 Å². The molecule has 0 aliphatic heterocycles. The first-order valence-electron chi connectivity index (χ1n) is 6.28. The highest BCUT2D eigenvalue weighted by molar-refractivity contribution is 4.96. The summed E-state index contributed by atoms with van der Waals surface area (Å²) in [6.45, 7) is 2.06. The summed E-state index contributed by atoms with van der Waals surface area (Å²) in [6.07, 6.45) is 11.2. The van der Waals surface area contributed by atoms with Crippen LogP contribution in [0.15, 0.2) is 0 Å². The zero-order valence-electron chi connectivity index (χ0n) is 9.23. The van der Waals surface area contributed by atoms with Crippen LogP contribution >= 0.6 is 0 Å². The predicted octanol–water partition coefficient (Wildman–Crippen LogP) is 2.04. The molecular weight excluding hydrogens is 172 g/mol. The third-order valence-electron chi connectivity index (χ3n) is 4.01. The van der Waals surface area contributed by atoms with Crippen molar-refractivity contribution in [3.63, 3.8) is 0 Å². The zero-order valence-corrected chi connectivity index (χ0v) is 9.23. The maximum absolute atomic E-state index is 5.78. The van der Waals surface area contributed by atoms with E-state index in [0.717, 1.165) is 12.6 Å². The number of hydrogen-bond donors (Lipinski definition) is 2. The molecular formula is C12H24N2. The van der Waals surface area contributed by atoms with Gasteiger partial charge in [-0.15, -0.1) is 0 Å². The van der Waals surface area contributed by atoms with Crippen LogP contribution in [0, 0.1) is 5.41 Å². The third-order valence-corrected chi connectivity index (χ3v) is 4.01. The topological polar surface area (TPSA) is 38.0 Å². The van der Waals surface area contributed by atoms with Gasteiger partial charge in [0.1, 0.15) is 0 Å². The van der Waals surface area contributed by atoms with Gasteiger partial charge in [0.2, 0.25) is 0 Å². The van der Waals surface area contributed by atoms with Crippen LogP contribution in [-0.2, 0) is 0 Å². The summed E-state index contributed by atoms with van der Waals surface area (Å²) in [7, 11) is 0. The quantitative estimate of drug-likeness (QED) is 0.675. The second-order valence-electron chi connectivity index (χ2n) is 5.27. The Labute approximate surface area is 87.6 Å². The van der Waals surface area contributed by atoms with E-state index in [-0.39, 0.29) is 0 Å². The Balaban J connectivity index is 1.68. The summed E-state index contributed by atoms with van der Waals surface area (Å²) in [4.78, 5) is 0. The molecule has 2 saturated carbocycles. The number of rotatable bonds is 4. The zero-order chi connectivity index (χ0) is 9.86. The summed E-state index contributed by atoms with van der Waals surface area (Å²) in [5, 5.41) is 3.74. The maximum atomic E-state index is 5.78. The molecule has 0 aromatic heterocycles. The summed E-state index contributed by atoms with van der Waals surface area (Å²) in [5.74, 6) is 0. The number of hydrogen-bond acceptors (Lipinski definition) is 2. The minimum Gasteiger partial charge on any atom is -0.330 e. The van der Waals surface area contributed by atoms with E-state index >= 15 is 0 Å². The maximum Gasteiger partial charge on any atom is 0.00673 e. The Bertz CT molecular complexity index is 167. The van der Waals surface area contributed by atoms with Gasteiger partial charge in [-0.1, -0.05) is 25.7 Å². The highest BCUT2D eigenvalue weighted by atomic mass is 14.9. The summed E-state index contributed by atoms with van der Waals surface area (Å²) >= 11 is 0. The molecule has 0 radical (unpaired) electrons. The molecule has 0 spiro atoms.